The first-order valence-electron chi connectivity index (χ1n) is 5.66. The Hall–Kier alpha value is -0.550. The molecule has 16 heavy (non-hydrogen) atoms. The van der Waals surface area contributed by atoms with Crippen LogP contribution in [0, 0.1) is 0 Å². The average molecular weight is 237 g/mol. The second kappa shape index (κ2) is 5.68. The lowest BCUT2D eigenvalue weighted by Crippen LogP contribution is -2.35. The number of nitrogens with two attached hydrogens (primary N) is 1. The molecule has 0 aromatic heterocycles. The lowest BCUT2D eigenvalue weighted by atomic mass is 10.1. The molecule has 0 unspecified atom stereocenters. The molecular formula is C12H19N3S. The summed E-state index contributed by atoms with van der Waals surface area (Å²) in [5.74, 6) is 6.57. The zero-order chi connectivity index (χ0) is 11.4. The normalized spacial score (nSPS) is 15.2. The molecule has 0 radical (unpaired) electrons. The van der Waals surface area contributed by atoms with Crippen molar-refractivity contribution >= 4 is 11.8 Å². The average Bonchev–Trinajstić information content (AvgIpc) is 2.29. The van der Waals surface area contributed by atoms with E-state index in [1.54, 1.807) is 0 Å². The van der Waals surface area contributed by atoms with Gasteiger partial charge in [0, 0.05) is 11.4 Å². The van der Waals surface area contributed by atoms with Gasteiger partial charge in [-0.25, -0.2) is 5.43 Å². The van der Waals surface area contributed by atoms with E-state index in [0.29, 0.717) is 6.67 Å². The molecule has 0 fully saturated rings. The summed E-state index contributed by atoms with van der Waals surface area (Å²) < 4.78 is 0. The summed E-state index contributed by atoms with van der Waals surface area (Å²) in [6.07, 6.45) is 2.54. The van der Waals surface area contributed by atoms with Crippen molar-refractivity contribution in [3.63, 3.8) is 0 Å². The van der Waals surface area contributed by atoms with E-state index in [4.69, 9.17) is 5.84 Å². The zero-order valence-electron chi connectivity index (χ0n) is 9.70. The molecular weight excluding hydrogens is 218 g/mol. The summed E-state index contributed by atoms with van der Waals surface area (Å²) in [6, 6.07) is 6.83. The number of nitrogens with zero attached hydrogens (tertiary/aromatic N) is 1. The van der Waals surface area contributed by atoms with Gasteiger partial charge < -0.3 is 0 Å². The summed E-state index contributed by atoms with van der Waals surface area (Å²) >= 11 is 1.98. The lowest BCUT2D eigenvalue weighted by Gasteiger charge is -2.19. The van der Waals surface area contributed by atoms with E-state index >= 15 is 0 Å². The van der Waals surface area contributed by atoms with Crippen molar-refractivity contribution in [2.75, 3.05) is 19.5 Å². The van der Waals surface area contributed by atoms with Crippen LogP contribution >= 0.6 is 11.8 Å². The van der Waals surface area contributed by atoms with Gasteiger partial charge in [-0.1, -0.05) is 12.1 Å². The predicted molar refractivity (Wildman–Crippen MR) is 69.1 cm³/mol. The first kappa shape index (κ1) is 11.9. The van der Waals surface area contributed by atoms with E-state index in [2.05, 4.69) is 35.6 Å². The van der Waals surface area contributed by atoms with Crippen LogP contribution in [0.2, 0.25) is 0 Å². The highest BCUT2D eigenvalue weighted by atomic mass is 32.2. The third-order valence-corrected chi connectivity index (χ3v) is 3.99. The Morgan fingerprint density at radius 1 is 1.50 bits per heavy atom. The maximum Gasteiger partial charge on any atom is 0.0612 e. The number of hydrazine groups is 1. The first-order valence-corrected chi connectivity index (χ1v) is 6.65. The quantitative estimate of drug-likeness (QED) is 0.474. The van der Waals surface area contributed by atoms with Crippen molar-refractivity contribution in [1.29, 1.82) is 0 Å². The number of aryl methyl sites for hydroxylation is 1. The first-order chi connectivity index (χ1) is 7.79. The standard InChI is InChI=1S/C12H19N3S/c1-15(9-14-13)8-10-4-5-12-11(7-10)3-2-6-16-12/h4-5,7,14H,2-3,6,8-9,13H2,1H3. The molecule has 1 heterocycles. The Morgan fingerprint density at radius 2 is 2.38 bits per heavy atom. The minimum atomic E-state index is 0.714. The molecule has 1 aliphatic rings. The Kier molecular flexibility index (Phi) is 4.23. The molecule has 0 bridgehead atoms. The van der Waals surface area contributed by atoms with Gasteiger partial charge in [0.05, 0.1) is 6.67 Å². The number of hydrogen-bond donors (Lipinski definition) is 2. The molecule has 4 heteroatoms. The van der Waals surface area contributed by atoms with Gasteiger partial charge in [-0.3, -0.25) is 10.7 Å². The third kappa shape index (κ3) is 2.98. The molecule has 0 saturated heterocycles. The van der Waals surface area contributed by atoms with Crippen LogP contribution in [0.15, 0.2) is 23.1 Å². The third-order valence-electron chi connectivity index (χ3n) is 2.79. The minimum absolute atomic E-state index is 0.714. The molecule has 1 aromatic carbocycles. The largest absolute Gasteiger partial charge is 0.288 e. The molecule has 0 saturated carbocycles. The molecule has 88 valence electrons. The number of nitrogens with one attached hydrogen (secondary N) is 1. The fourth-order valence-corrected chi connectivity index (χ4v) is 3.05. The number of thioether (sulfide) groups is 1. The number of benzene rings is 1. The smallest absolute Gasteiger partial charge is 0.0612 e. The van der Waals surface area contributed by atoms with Gasteiger partial charge >= 0.3 is 0 Å². The number of hydrogen-bond acceptors (Lipinski definition) is 4. The molecule has 1 aromatic rings. The van der Waals surface area contributed by atoms with Crippen molar-refractivity contribution in [2.45, 2.75) is 24.3 Å². The molecule has 3 N–H and O–H groups in total. The van der Waals surface area contributed by atoms with Crippen molar-refractivity contribution < 1.29 is 0 Å². The maximum absolute atomic E-state index is 5.30. The molecule has 0 spiro atoms. The SMILES string of the molecule is CN(CNN)Cc1ccc2c(c1)CCCS2. The molecule has 0 amide bonds. The van der Waals surface area contributed by atoms with E-state index < -0.39 is 0 Å². The van der Waals surface area contributed by atoms with Crippen molar-refractivity contribution in [1.82, 2.24) is 10.3 Å². The fraction of sp³-hybridized carbons (Fsp3) is 0.500. The van der Waals surface area contributed by atoms with Gasteiger partial charge in [0.2, 0.25) is 0 Å². The summed E-state index contributed by atoms with van der Waals surface area (Å²) in [5, 5.41) is 0. The van der Waals surface area contributed by atoms with Gasteiger partial charge in [0.15, 0.2) is 0 Å². The van der Waals surface area contributed by atoms with E-state index in [9.17, 15) is 0 Å². The van der Waals surface area contributed by atoms with Crippen LogP contribution < -0.4 is 11.3 Å². The maximum atomic E-state index is 5.30. The van der Waals surface area contributed by atoms with Crippen LogP contribution in [0.1, 0.15) is 17.5 Å². The summed E-state index contributed by atoms with van der Waals surface area (Å²) in [5.41, 5.74) is 5.56. The Morgan fingerprint density at radius 3 is 3.19 bits per heavy atom. The highest BCUT2D eigenvalue weighted by Crippen LogP contribution is 2.30. The summed E-state index contributed by atoms with van der Waals surface area (Å²) in [6.45, 7) is 1.66. The highest BCUT2D eigenvalue weighted by molar-refractivity contribution is 7.99. The zero-order valence-corrected chi connectivity index (χ0v) is 10.5. The fourth-order valence-electron chi connectivity index (χ4n) is 2.04. The second-order valence-corrected chi connectivity index (χ2v) is 5.41. The van der Waals surface area contributed by atoms with Crippen LogP contribution in [0.3, 0.4) is 0 Å². The van der Waals surface area contributed by atoms with Gasteiger partial charge in [-0.05, 0) is 42.8 Å². The minimum Gasteiger partial charge on any atom is -0.288 e. The summed E-state index contributed by atoms with van der Waals surface area (Å²) in [4.78, 5) is 3.63. The molecule has 1 aliphatic heterocycles. The van der Waals surface area contributed by atoms with E-state index in [-0.39, 0.29) is 0 Å². The van der Waals surface area contributed by atoms with Crippen LogP contribution in [-0.4, -0.2) is 24.4 Å². The lowest BCUT2D eigenvalue weighted by molar-refractivity contribution is 0.301. The Bertz CT molecular complexity index is 354. The Balaban J connectivity index is 2.05. The molecule has 0 atom stereocenters. The predicted octanol–water partition coefficient (Wildman–Crippen LogP) is 1.58. The van der Waals surface area contributed by atoms with Crippen LogP contribution in [0.5, 0.6) is 0 Å². The topological polar surface area (TPSA) is 41.3 Å². The molecule has 3 nitrogen and oxygen atoms in total. The van der Waals surface area contributed by atoms with Crippen molar-refractivity contribution in [3.8, 4) is 0 Å². The van der Waals surface area contributed by atoms with Gasteiger partial charge in [0.25, 0.3) is 0 Å². The highest BCUT2D eigenvalue weighted by Gasteiger charge is 2.10. The van der Waals surface area contributed by atoms with Crippen molar-refractivity contribution in [2.24, 2.45) is 5.84 Å². The van der Waals surface area contributed by atoms with E-state index in [1.807, 2.05) is 11.8 Å². The number of rotatable bonds is 4. The van der Waals surface area contributed by atoms with Gasteiger partial charge in [-0.2, -0.15) is 0 Å². The van der Waals surface area contributed by atoms with Gasteiger partial charge in [-0.15, -0.1) is 11.8 Å². The molecule has 2 rings (SSSR count). The van der Waals surface area contributed by atoms with Gasteiger partial charge in [0.1, 0.15) is 0 Å². The summed E-state index contributed by atoms with van der Waals surface area (Å²) in [7, 11) is 2.06. The Labute approximate surface area is 101 Å². The van der Waals surface area contributed by atoms with Crippen LogP contribution in [-0.2, 0) is 13.0 Å². The van der Waals surface area contributed by atoms with E-state index in [1.165, 1.54) is 34.6 Å². The van der Waals surface area contributed by atoms with Crippen LogP contribution in [0.25, 0.3) is 0 Å². The van der Waals surface area contributed by atoms with Crippen molar-refractivity contribution in [3.05, 3.63) is 29.3 Å². The monoisotopic (exact) mass is 237 g/mol. The molecule has 0 aliphatic carbocycles. The van der Waals surface area contributed by atoms with Crippen LogP contribution in [0.4, 0.5) is 0 Å². The number of fused-ring (bicyclic) bond motifs is 1. The second-order valence-electron chi connectivity index (χ2n) is 4.27. The van der Waals surface area contributed by atoms with E-state index in [0.717, 1.165) is 6.54 Å².